The second kappa shape index (κ2) is 11.5. The highest BCUT2D eigenvalue weighted by atomic mass is 32.2. The topological polar surface area (TPSA) is 67.2 Å². The van der Waals surface area contributed by atoms with Gasteiger partial charge in [-0.05, 0) is 76.4 Å². The molecule has 0 radical (unpaired) electrons. The lowest BCUT2D eigenvalue weighted by molar-refractivity contribution is -0.113. The summed E-state index contributed by atoms with van der Waals surface area (Å²) in [7, 11) is 0. The number of benzene rings is 1. The first kappa shape index (κ1) is 23.5. The second-order valence-electron chi connectivity index (χ2n) is 8.07. The molecule has 0 saturated carbocycles. The Balaban J connectivity index is 1.69. The Kier molecular flexibility index (Phi) is 8.72. The van der Waals surface area contributed by atoms with Crippen molar-refractivity contribution in [3.63, 3.8) is 0 Å². The molecule has 0 spiro atoms. The van der Waals surface area contributed by atoms with Crippen molar-refractivity contribution in [3.05, 3.63) is 51.6 Å². The zero-order chi connectivity index (χ0) is 22.2. The summed E-state index contributed by atoms with van der Waals surface area (Å²) in [5, 5.41) is 3.67. The molecule has 0 fully saturated rings. The largest absolute Gasteiger partial charge is 0.348 e. The van der Waals surface area contributed by atoms with Crippen molar-refractivity contribution in [2.24, 2.45) is 0 Å². The molecule has 0 aliphatic heterocycles. The van der Waals surface area contributed by atoms with E-state index in [1.54, 1.807) is 0 Å². The van der Waals surface area contributed by atoms with Crippen LogP contribution in [0, 0.1) is 6.92 Å². The summed E-state index contributed by atoms with van der Waals surface area (Å²) in [6.07, 6.45) is 5.00. The lowest BCUT2D eigenvalue weighted by atomic mass is 9.97. The van der Waals surface area contributed by atoms with Crippen molar-refractivity contribution >= 4 is 23.4 Å². The number of nitrogens with zero attached hydrogens (tertiary/aromatic N) is 3. The summed E-state index contributed by atoms with van der Waals surface area (Å²) in [5.74, 6) is 0.170. The minimum Gasteiger partial charge on any atom is -0.325 e. The SMILES string of the molecule is CCN(CC)CCCn1c2c(c(SCC(=O)Nc3cccc(C)c3)nc1=O)CCCC2. The van der Waals surface area contributed by atoms with Gasteiger partial charge in [-0.2, -0.15) is 4.98 Å². The number of aromatic nitrogens is 2. The molecule has 1 aromatic heterocycles. The van der Waals surface area contributed by atoms with Gasteiger partial charge in [-0.25, -0.2) is 4.79 Å². The van der Waals surface area contributed by atoms with Crippen LogP contribution in [0.2, 0.25) is 0 Å². The Labute approximate surface area is 189 Å². The Morgan fingerprint density at radius 2 is 2.00 bits per heavy atom. The number of aryl methyl sites for hydroxylation is 1. The molecule has 6 nitrogen and oxygen atoms in total. The quantitative estimate of drug-likeness (QED) is 0.447. The number of rotatable bonds is 10. The molecule has 168 valence electrons. The number of nitrogens with one attached hydrogen (secondary N) is 1. The van der Waals surface area contributed by atoms with Gasteiger partial charge in [0.25, 0.3) is 0 Å². The van der Waals surface area contributed by atoms with E-state index in [1.165, 1.54) is 17.3 Å². The van der Waals surface area contributed by atoms with Crippen LogP contribution in [0.4, 0.5) is 5.69 Å². The molecule has 0 atom stereocenters. The highest BCUT2D eigenvalue weighted by Gasteiger charge is 2.21. The van der Waals surface area contributed by atoms with Gasteiger partial charge in [0.1, 0.15) is 5.03 Å². The number of hydrogen-bond acceptors (Lipinski definition) is 5. The minimum atomic E-state index is -0.179. The van der Waals surface area contributed by atoms with Crippen molar-refractivity contribution in [2.75, 3.05) is 30.7 Å². The average Bonchev–Trinajstić information content (AvgIpc) is 2.76. The van der Waals surface area contributed by atoms with Crippen LogP contribution >= 0.6 is 11.8 Å². The normalized spacial score (nSPS) is 13.3. The van der Waals surface area contributed by atoms with Gasteiger partial charge < -0.3 is 10.2 Å². The number of thioether (sulfide) groups is 1. The monoisotopic (exact) mass is 442 g/mol. The summed E-state index contributed by atoms with van der Waals surface area (Å²) in [4.78, 5) is 32.0. The standard InChI is InChI=1S/C24H34N4O2S/c1-4-27(5-2)14-9-15-28-21-13-7-6-12-20(21)23(26-24(28)30)31-17-22(29)25-19-11-8-10-18(3)16-19/h8,10-11,16H,4-7,9,12-15,17H2,1-3H3,(H,25,29). The first-order chi connectivity index (χ1) is 15.0. The molecule has 0 bridgehead atoms. The van der Waals surface area contributed by atoms with E-state index in [2.05, 4.69) is 29.0 Å². The summed E-state index contributed by atoms with van der Waals surface area (Å²) >= 11 is 1.38. The lowest BCUT2D eigenvalue weighted by Gasteiger charge is -2.23. The third kappa shape index (κ3) is 6.43. The molecule has 0 saturated heterocycles. The van der Waals surface area contributed by atoms with E-state index in [1.807, 2.05) is 35.8 Å². The van der Waals surface area contributed by atoms with Crippen molar-refractivity contribution < 1.29 is 4.79 Å². The molecule has 1 aliphatic rings. The van der Waals surface area contributed by atoms with E-state index < -0.39 is 0 Å². The third-order valence-electron chi connectivity index (χ3n) is 5.84. The highest BCUT2D eigenvalue weighted by molar-refractivity contribution is 8.00. The maximum atomic E-state index is 12.8. The fourth-order valence-corrected chi connectivity index (χ4v) is 5.02. The Hall–Kier alpha value is -2.12. The summed E-state index contributed by atoms with van der Waals surface area (Å²) in [5.41, 5.74) is 4.02. The van der Waals surface area contributed by atoms with Gasteiger partial charge >= 0.3 is 5.69 Å². The number of amides is 1. The Bertz CT molecular complexity index is 953. The predicted molar refractivity (Wildman–Crippen MR) is 128 cm³/mol. The third-order valence-corrected chi connectivity index (χ3v) is 6.86. The van der Waals surface area contributed by atoms with Gasteiger partial charge in [-0.15, -0.1) is 0 Å². The minimum absolute atomic E-state index is 0.0784. The van der Waals surface area contributed by atoms with Gasteiger partial charge in [-0.1, -0.05) is 37.7 Å². The fourth-order valence-electron chi connectivity index (χ4n) is 4.14. The number of fused-ring (bicyclic) bond motifs is 1. The smallest absolute Gasteiger partial charge is 0.325 e. The molecule has 2 aromatic rings. The molecular formula is C24H34N4O2S. The zero-order valence-corrected chi connectivity index (χ0v) is 19.8. The lowest BCUT2D eigenvalue weighted by Crippen LogP contribution is -2.32. The van der Waals surface area contributed by atoms with Gasteiger partial charge in [0.05, 0.1) is 5.75 Å². The summed E-state index contributed by atoms with van der Waals surface area (Å²) in [6.45, 7) is 10.1. The van der Waals surface area contributed by atoms with E-state index in [0.29, 0.717) is 6.54 Å². The van der Waals surface area contributed by atoms with Crippen LogP contribution in [0.3, 0.4) is 0 Å². The van der Waals surface area contributed by atoms with Crippen LogP contribution in [0.25, 0.3) is 0 Å². The summed E-state index contributed by atoms with van der Waals surface area (Å²) in [6, 6.07) is 7.75. The van der Waals surface area contributed by atoms with Crippen LogP contribution in [0.1, 0.15) is 49.9 Å². The van der Waals surface area contributed by atoms with Crippen LogP contribution in [0.5, 0.6) is 0 Å². The van der Waals surface area contributed by atoms with Crippen LogP contribution in [0.15, 0.2) is 34.1 Å². The fraction of sp³-hybridized carbons (Fsp3) is 0.542. The number of carbonyl (C=O) groups is 1. The molecule has 1 N–H and O–H groups in total. The molecule has 1 heterocycles. The van der Waals surface area contributed by atoms with Crippen LogP contribution in [-0.2, 0) is 24.2 Å². The number of anilines is 1. The summed E-state index contributed by atoms with van der Waals surface area (Å²) < 4.78 is 1.88. The van der Waals surface area contributed by atoms with Crippen molar-refractivity contribution in [1.29, 1.82) is 0 Å². The Morgan fingerprint density at radius 1 is 1.23 bits per heavy atom. The van der Waals surface area contributed by atoms with Gasteiger partial charge in [0.15, 0.2) is 0 Å². The van der Waals surface area contributed by atoms with Crippen LogP contribution in [-0.4, -0.2) is 45.7 Å². The Morgan fingerprint density at radius 3 is 2.74 bits per heavy atom. The molecular weight excluding hydrogens is 408 g/mol. The van der Waals surface area contributed by atoms with Crippen molar-refractivity contribution in [1.82, 2.24) is 14.5 Å². The van der Waals surface area contributed by atoms with Gasteiger partial charge in [0, 0.05) is 23.5 Å². The van der Waals surface area contributed by atoms with E-state index in [-0.39, 0.29) is 17.3 Å². The molecule has 7 heteroatoms. The van der Waals surface area contributed by atoms with Crippen LogP contribution < -0.4 is 11.0 Å². The van der Waals surface area contributed by atoms with Crippen molar-refractivity contribution in [3.8, 4) is 0 Å². The molecule has 31 heavy (non-hydrogen) atoms. The average molecular weight is 443 g/mol. The molecule has 1 amide bonds. The number of carbonyl (C=O) groups excluding carboxylic acids is 1. The maximum Gasteiger partial charge on any atom is 0.348 e. The zero-order valence-electron chi connectivity index (χ0n) is 18.9. The first-order valence-electron chi connectivity index (χ1n) is 11.4. The van der Waals surface area contributed by atoms with E-state index in [0.717, 1.165) is 73.7 Å². The second-order valence-corrected chi connectivity index (χ2v) is 9.03. The molecule has 1 aromatic carbocycles. The molecule has 3 rings (SSSR count). The van der Waals surface area contributed by atoms with Crippen molar-refractivity contribution in [2.45, 2.75) is 64.4 Å². The van der Waals surface area contributed by atoms with Gasteiger partial charge in [-0.3, -0.25) is 9.36 Å². The van der Waals surface area contributed by atoms with E-state index in [9.17, 15) is 9.59 Å². The number of hydrogen-bond donors (Lipinski definition) is 1. The molecule has 0 unspecified atom stereocenters. The van der Waals surface area contributed by atoms with E-state index >= 15 is 0 Å². The predicted octanol–water partition coefficient (Wildman–Crippen LogP) is 3.89. The van der Waals surface area contributed by atoms with Gasteiger partial charge in [0.2, 0.25) is 5.91 Å². The maximum absolute atomic E-state index is 12.8. The first-order valence-corrected chi connectivity index (χ1v) is 12.3. The molecule has 1 aliphatic carbocycles. The van der Waals surface area contributed by atoms with E-state index in [4.69, 9.17) is 0 Å². The highest BCUT2D eigenvalue weighted by Crippen LogP contribution is 2.28.